The number of urea groups is 1. The van der Waals surface area contributed by atoms with Crippen LogP contribution in [-0.2, 0) is 11.3 Å². The van der Waals surface area contributed by atoms with Crippen LogP contribution in [0.25, 0.3) is 0 Å². The molecule has 6 heteroatoms. The molecule has 0 fully saturated rings. The number of hydrogen-bond donors (Lipinski definition) is 3. The Morgan fingerprint density at radius 3 is 2.45 bits per heavy atom. The van der Waals surface area contributed by atoms with Crippen LogP contribution in [0.1, 0.15) is 32.0 Å². The first kappa shape index (κ1) is 15.9. The second kappa shape index (κ2) is 6.36. The Morgan fingerprint density at radius 2 is 2.00 bits per heavy atom. The van der Waals surface area contributed by atoms with Crippen LogP contribution in [0.2, 0.25) is 0 Å². The van der Waals surface area contributed by atoms with Crippen molar-refractivity contribution in [1.29, 1.82) is 0 Å². The van der Waals surface area contributed by atoms with Gasteiger partial charge in [-0.1, -0.05) is 26.8 Å². The molecular weight excluding hydrogens is 258 g/mol. The molecule has 110 valence electrons. The molecule has 6 nitrogen and oxygen atoms in total. The third-order valence-corrected chi connectivity index (χ3v) is 2.81. The second-order valence-electron chi connectivity index (χ2n) is 5.77. The lowest BCUT2D eigenvalue weighted by molar-refractivity contribution is -0.141. The Labute approximate surface area is 118 Å². The topological polar surface area (TPSA) is 91.3 Å². The van der Waals surface area contributed by atoms with Crippen molar-refractivity contribution in [3.63, 3.8) is 0 Å². The van der Waals surface area contributed by atoms with Gasteiger partial charge in [0, 0.05) is 18.4 Å². The summed E-state index contributed by atoms with van der Waals surface area (Å²) in [6.07, 6.45) is 1.67. The summed E-state index contributed by atoms with van der Waals surface area (Å²) in [5.74, 6) is -1.05. The first-order valence-corrected chi connectivity index (χ1v) is 6.39. The molecule has 0 aliphatic heterocycles. The normalized spacial score (nSPS) is 12.6. The van der Waals surface area contributed by atoms with Gasteiger partial charge in [-0.05, 0) is 24.0 Å². The van der Waals surface area contributed by atoms with E-state index in [-0.39, 0.29) is 0 Å². The maximum absolute atomic E-state index is 11.7. The van der Waals surface area contributed by atoms with Crippen LogP contribution in [0.3, 0.4) is 0 Å². The summed E-state index contributed by atoms with van der Waals surface area (Å²) in [4.78, 5) is 27.0. The first-order valence-electron chi connectivity index (χ1n) is 6.39. The molecule has 0 aliphatic rings. The van der Waals surface area contributed by atoms with Crippen molar-refractivity contribution in [2.75, 3.05) is 0 Å². The highest BCUT2D eigenvalue weighted by molar-refractivity contribution is 5.83. The van der Waals surface area contributed by atoms with Gasteiger partial charge in [-0.15, -0.1) is 0 Å². The SMILES string of the molecule is Cc1ccc(CNC(=O)NC(C(=O)O)C(C)(C)C)cn1. The summed E-state index contributed by atoms with van der Waals surface area (Å²) in [5.41, 5.74) is 1.19. The molecule has 0 saturated heterocycles. The van der Waals surface area contributed by atoms with E-state index in [4.69, 9.17) is 5.11 Å². The Balaban J connectivity index is 2.54. The van der Waals surface area contributed by atoms with Gasteiger partial charge in [0.15, 0.2) is 0 Å². The number of aryl methyl sites for hydroxylation is 1. The lowest BCUT2D eigenvalue weighted by Gasteiger charge is -2.27. The number of aliphatic carboxylic acids is 1. The lowest BCUT2D eigenvalue weighted by Crippen LogP contribution is -2.52. The smallest absolute Gasteiger partial charge is 0.326 e. The monoisotopic (exact) mass is 279 g/mol. The van der Waals surface area contributed by atoms with E-state index in [1.54, 1.807) is 27.0 Å². The van der Waals surface area contributed by atoms with Gasteiger partial charge in [0.2, 0.25) is 0 Å². The van der Waals surface area contributed by atoms with E-state index in [2.05, 4.69) is 15.6 Å². The van der Waals surface area contributed by atoms with Crippen LogP contribution >= 0.6 is 0 Å². The summed E-state index contributed by atoms with van der Waals surface area (Å²) in [6, 6.07) is 2.26. The number of rotatable bonds is 4. The van der Waals surface area contributed by atoms with Gasteiger partial charge in [0.25, 0.3) is 0 Å². The standard InChI is InChI=1S/C14H21N3O3/c1-9-5-6-10(7-15-9)8-16-13(20)17-11(12(18)19)14(2,3)4/h5-7,11H,8H2,1-4H3,(H,18,19)(H2,16,17,20). The van der Waals surface area contributed by atoms with Crippen LogP contribution in [0.4, 0.5) is 4.79 Å². The molecule has 1 heterocycles. The zero-order chi connectivity index (χ0) is 15.3. The minimum absolute atomic E-state index is 0.301. The van der Waals surface area contributed by atoms with E-state index in [0.29, 0.717) is 6.54 Å². The molecule has 0 aliphatic carbocycles. The van der Waals surface area contributed by atoms with Gasteiger partial charge < -0.3 is 15.7 Å². The van der Waals surface area contributed by atoms with Crippen LogP contribution < -0.4 is 10.6 Å². The number of pyridine rings is 1. The number of carbonyl (C=O) groups is 2. The summed E-state index contributed by atoms with van der Waals surface area (Å²) < 4.78 is 0. The predicted octanol–water partition coefficient (Wildman–Crippen LogP) is 1.69. The Morgan fingerprint density at radius 1 is 1.35 bits per heavy atom. The minimum atomic E-state index is -1.05. The molecule has 0 aromatic carbocycles. The molecule has 1 rings (SSSR count). The minimum Gasteiger partial charge on any atom is -0.480 e. The molecule has 1 aromatic heterocycles. The highest BCUT2D eigenvalue weighted by Gasteiger charge is 2.32. The highest BCUT2D eigenvalue weighted by atomic mass is 16.4. The predicted molar refractivity (Wildman–Crippen MR) is 75.2 cm³/mol. The van der Waals surface area contributed by atoms with E-state index < -0.39 is 23.5 Å². The lowest BCUT2D eigenvalue weighted by atomic mass is 9.87. The second-order valence-corrected chi connectivity index (χ2v) is 5.77. The zero-order valence-corrected chi connectivity index (χ0v) is 12.2. The fourth-order valence-electron chi connectivity index (χ4n) is 1.62. The van der Waals surface area contributed by atoms with Gasteiger partial charge >= 0.3 is 12.0 Å². The molecule has 1 atom stereocenters. The van der Waals surface area contributed by atoms with Crippen LogP contribution in [0.5, 0.6) is 0 Å². The van der Waals surface area contributed by atoms with Gasteiger partial charge in [-0.3, -0.25) is 4.98 Å². The van der Waals surface area contributed by atoms with Gasteiger partial charge in [-0.25, -0.2) is 9.59 Å². The van der Waals surface area contributed by atoms with E-state index in [1.807, 2.05) is 19.1 Å². The summed E-state index contributed by atoms with van der Waals surface area (Å²) in [6.45, 7) is 7.46. The number of carbonyl (C=O) groups excluding carboxylic acids is 1. The molecule has 0 saturated carbocycles. The number of carboxylic acids is 1. The van der Waals surface area contributed by atoms with E-state index in [1.165, 1.54) is 0 Å². The zero-order valence-electron chi connectivity index (χ0n) is 12.2. The molecule has 0 spiro atoms. The number of hydrogen-bond acceptors (Lipinski definition) is 3. The van der Waals surface area contributed by atoms with E-state index in [9.17, 15) is 9.59 Å². The molecular formula is C14H21N3O3. The fraction of sp³-hybridized carbons (Fsp3) is 0.500. The maximum atomic E-state index is 11.7. The molecule has 1 unspecified atom stereocenters. The van der Waals surface area contributed by atoms with E-state index in [0.717, 1.165) is 11.3 Å². The van der Waals surface area contributed by atoms with Crippen LogP contribution in [0.15, 0.2) is 18.3 Å². The Kier molecular flexibility index (Phi) is 5.07. The van der Waals surface area contributed by atoms with E-state index >= 15 is 0 Å². The van der Waals surface area contributed by atoms with Crippen molar-refractivity contribution < 1.29 is 14.7 Å². The quantitative estimate of drug-likeness (QED) is 0.782. The number of amides is 2. The number of nitrogens with zero attached hydrogens (tertiary/aromatic N) is 1. The average Bonchev–Trinajstić information content (AvgIpc) is 2.33. The number of carboxylic acid groups (broad SMARTS) is 1. The average molecular weight is 279 g/mol. The Bertz CT molecular complexity index is 477. The van der Waals surface area contributed by atoms with Crippen molar-refractivity contribution >= 4 is 12.0 Å². The largest absolute Gasteiger partial charge is 0.480 e. The van der Waals surface area contributed by atoms with Crippen LogP contribution in [-0.4, -0.2) is 28.1 Å². The summed E-state index contributed by atoms with van der Waals surface area (Å²) >= 11 is 0. The third-order valence-electron chi connectivity index (χ3n) is 2.81. The summed E-state index contributed by atoms with van der Waals surface area (Å²) in [7, 11) is 0. The molecule has 2 amide bonds. The Hall–Kier alpha value is -2.11. The van der Waals surface area contributed by atoms with Crippen molar-refractivity contribution in [2.24, 2.45) is 5.41 Å². The molecule has 1 aromatic rings. The molecule has 20 heavy (non-hydrogen) atoms. The van der Waals surface area contributed by atoms with Crippen molar-refractivity contribution in [3.8, 4) is 0 Å². The van der Waals surface area contributed by atoms with Gasteiger partial charge in [0.05, 0.1) is 0 Å². The summed E-state index contributed by atoms with van der Waals surface area (Å²) in [5, 5.41) is 14.2. The van der Waals surface area contributed by atoms with Crippen molar-refractivity contribution in [1.82, 2.24) is 15.6 Å². The fourth-order valence-corrected chi connectivity index (χ4v) is 1.62. The molecule has 0 bridgehead atoms. The molecule has 0 radical (unpaired) electrons. The third kappa shape index (κ3) is 4.87. The maximum Gasteiger partial charge on any atom is 0.326 e. The highest BCUT2D eigenvalue weighted by Crippen LogP contribution is 2.19. The van der Waals surface area contributed by atoms with Crippen LogP contribution in [0, 0.1) is 12.3 Å². The number of aromatic nitrogens is 1. The first-order chi connectivity index (χ1) is 9.20. The van der Waals surface area contributed by atoms with Crippen molar-refractivity contribution in [2.45, 2.75) is 40.3 Å². The number of nitrogens with one attached hydrogen (secondary N) is 2. The molecule has 3 N–H and O–H groups in total. The van der Waals surface area contributed by atoms with Crippen molar-refractivity contribution in [3.05, 3.63) is 29.6 Å². The van der Waals surface area contributed by atoms with Gasteiger partial charge in [0.1, 0.15) is 6.04 Å². The van der Waals surface area contributed by atoms with Gasteiger partial charge in [-0.2, -0.15) is 0 Å².